The summed E-state index contributed by atoms with van der Waals surface area (Å²) >= 11 is 9.65. The van der Waals surface area contributed by atoms with E-state index in [0.29, 0.717) is 14.6 Å². The molecule has 3 nitrogen and oxygen atoms in total. The van der Waals surface area contributed by atoms with Crippen LogP contribution in [0.25, 0.3) is 0 Å². The lowest BCUT2D eigenvalue weighted by Crippen LogP contribution is -1.99. The molecule has 1 rings (SSSR count). The smallest absolute Gasteiger partial charge is 0.206 e. The van der Waals surface area contributed by atoms with Gasteiger partial charge in [0, 0.05) is 0 Å². The van der Waals surface area contributed by atoms with Gasteiger partial charge in [-0.1, -0.05) is 0 Å². The molecular formula is C5H4BrClN2OS. The number of halogens is 2. The Kier molecular flexibility index (Phi) is 2.86. The summed E-state index contributed by atoms with van der Waals surface area (Å²) in [5, 5.41) is 0.351. The molecule has 0 unspecified atom stereocenters. The van der Waals surface area contributed by atoms with Crippen LogP contribution >= 0.6 is 38.9 Å². The van der Waals surface area contributed by atoms with Crippen LogP contribution in [-0.2, 0) is 0 Å². The number of carbonyl (C=O) groups excluding carboxylic acids is 1. The van der Waals surface area contributed by atoms with Gasteiger partial charge in [0.2, 0.25) is 5.78 Å². The normalized spacial score (nSPS) is 10.0. The molecule has 0 amide bonds. The van der Waals surface area contributed by atoms with Crippen molar-refractivity contribution < 1.29 is 4.79 Å². The SMILES string of the molecule is Nc1nc(C(=O)CCl)sc1Br. The molecule has 0 saturated carbocycles. The van der Waals surface area contributed by atoms with E-state index in [1.54, 1.807) is 0 Å². The molecule has 0 aliphatic carbocycles. The van der Waals surface area contributed by atoms with Gasteiger partial charge in [0.1, 0.15) is 9.60 Å². The Morgan fingerprint density at radius 1 is 1.82 bits per heavy atom. The van der Waals surface area contributed by atoms with Crippen molar-refractivity contribution in [3.05, 3.63) is 8.79 Å². The topological polar surface area (TPSA) is 56.0 Å². The van der Waals surface area contributed by atoms with Crippen molar-refractivity contribution in [3.63, 3.8) is 0 Å². The molecule has 0 bridgehead atoms. The zero-order valence-corrected chi connectivity index (χ0v) is 8.46. The van der Waals surface area contributed by atoms with Gasteiger partial charge in [-0.15, -0.1) is 22.9 Å². The van der Waals surface area contributed by atoms with E-state index in [1.165, 1.54) is 11.3 Å². The molecule has 0 aliphatic heterocycles. The Hall–Kier alpha value is -0.130. The van der Waals surface area contributed by atoms with Crippen LogP contribution < -0.4 is 5.73 Å². The first kappa shape index (κ1) is 8.96. The van der Waals surface area contributed by atoms with Crippen LogP contribution in [0.3, 0.4) is 0 Å². The molecule has 0 aliphatic rings. The third kappa shape index (κ3) is 1.91. The zero-order valence-electron chi connectivity index (χ0n) is 5.30. The average Bonchev–Trinajstić information content (AvgIpc) is 2.31. The summed E-state index contributed by atoms with van der Waals surface area (Å²) in [6, 6.07) is 0. The molecule has 60 valence electrons. The highest BCUT2D eigenvalue weighted by atomic mass is 79.9. The number of nitrogens with zero attached hydrogens (tertiary/aromatic N) is 1. The van der Waals surface area contributed by atoms with Crippen molar-refractivity contribution in [1.82, 2.24) is 4.98 Å². The lowest BCUT2D eigenvalue weighted by Gasteiger charge is -1.84. The molecule has 1 aromatic heterocycles. The van der Waals surface area contributed by atoms with E-state index in [1.807, 2.05) is 0 Å². The number of ketones is 1. The molecular weight excluding hydrogens is 251 g/mol. The van der Waals surface area contributed by atoms with Crippen molar-refractivity contribution >= 4 is 50.5 Å². The van der Waals surface area contributed by atoms with Gasteiger partial charge in [0.15, 0.2) is 5.01 Å². The zero-order chi connectivity index (χ0) is 8.43. The number of nitrogen functional groups attached to an aromatic ring is 1. The number of hydrogen-bond acceptors (Lipinski definition) is 4. The van der Waals surface area contributed by atoms with E-state index >= 15 is 0 Å². The van der Waals surface area contributed by atoms with Gasteiger partial charge in [0.25, 0.3) is 0 Å². The number of nitrogens with two attached hydrogens (primary N) is 1. The van der Waals surface area contributed by atoms with Crippen LogP contribution in [0.4, 0.5) is 5.82 Å². The summed E-state index contributed by atoms with van der Waals surface area (Å²) < 4.78 is 0.672. The molecule has 1 heterocycles. The number of anilines is 1. The fourth-order valence-electron chi connectivity index (χ4n) is 0.490. The molecule has 6 heteroatoms. The second kappa shape index (κ2) is 3.51. The number of carbonyl (C=O) groups is 1. The Labute approximate surface area is 80.7 Å². The number of Topliss-reactive ketones (excluding diaryl/α,β-unsaturated/α-hetero) is 1. The summed E-state index contributed by atoms with van der Waals surface area (Å²) in [6.07, 6.45) is 0. The number of rotatable bonds is 2. The van der Waals surface area contributed by atoms with Crippen molar-refractivity contribution in [1.29, 1.82) is 0 Å². The highest BCUT2D eigenvalue weighted by molar-refractivity contribution is 9.11. The van der Waals surface area contributed by atoms with Crippen LogP contribution in [0.15, 0.2) is 3.79 Å². The molecule has 1 aromatic rings. The number of thiazole rings is 1. The van der Waals surface area contributed by atoms with Gasteiger partial charge >= 0.3 is 0 Å². The summed E-state index contributed by atoms with van der Waals surface area (Å²) in [7, 11) is 0. The average molecular weight is 256 g/mol. The Morgan fingerprint density at radius 2 is 2.45 bits per heavy atom. The van der Waals surface area contributed by atoms with Crippen LogP contribution in [-0.4, -0.2) is 16.6 Å². The minimum absolute atomic E-state index is 0.0562. The van der Waals surface area contributed by atoms with Crippen LogP contribution in [0, 0.1) is 0 Å². The molecule has 0 spiro atoms. The van der Waals surface area contributed by atoms with Crippen LogP contribution in [0.2, 0.25) is 0 Å². The van der Waals surface area contributed by atoms with Crippen molar-refractivity contribution in [2.75, 3.05) is 11.6 Å². The Bertz CT molecular complexity index is 269. The van der Waals surface area contributed by atoms with Gasteiger partial charge in [-0.2, -0.15) is 0 Å². The summed E-state index contributed by atoms with van der Waals surface area (Å²) in [5.74, 6) is 0.0804. The van der Waals surface area contributed by atoms with Crippen molar-refractivity contribution in [2.45, 2.75) is 0 Å². The Morgan fingerprint density at radius 3 is 2.82 bits per heavy atom. The lowest BCUT2D eigenvalue weighted by atomic mass is 10.5. The fourth-order valence-corrected chi connectivity index (χ4v) is 1.89. The first-order valence-electron chi connectivity index (χ1n) is 2.66. The first-order valence-corrected chi connectivity index (χ1v) is 4.80. The maximum atomic E-state index is 10.9. The molecule has 2 N–H and O–H groups in total. The standard InChI is InChI=1S/C5H4BrClN2OS/c6-3-4(8)9-5(11-3)2(10)1-7/h1,8H2. The van der Waals surface area contributed by atoms with E-state index < -0.39 is 0 Å². The second-order valence-corrected chi connectivity index (χ2v) is 4.32. The molecule has 0 aromatic carbocycles. The van der Waals surface area contributed by atoms with E-state index in [4.69, 9.17) is 17.3 Å². The van der Waals surface area contributed by atoms with Gasteiger partial charge in [-0.25, -0.2) is 4.98 Å². The largest absolute Gasteiger partial charge is 0.382 e. The minimum atomic E-state index is -0.200. The van der Waals surface area contributed by atoms with Crippen LogP contribution in [0.5, 0.6) is 0 Å². The van der Waals surface area contributed by atoms with Gasteiger partial charge in [-0.05, 0) is 15.9 Å². The highest BCUT2D eigenvalue weighted by Crippen LogP contribution is 2.26. The fraction of sp³-hybridized carbons (Fsp3) is 0.200. The molecule has 11 heavy (non-hydrogen) atoms. The third-order valence-corrected chi connectivity index (χ3v) is 3.00. The van der Waals surface area contributed by atoms with E-state index in [0.717, 1.165) is 0 Å². The van der Waals surface area contributed by atoms with Gasteiger partial charge in [-0.3, -0.25) is 4.79 Å². The summed E-state index contributed by atoms with van der Waals surface area (Å²) in [4.78, 5) is 14.7. The van der Waals surface area contributed by atoms with Gasteiger partial charge < -0.3 is 5.73 Å². The number of hydrogen-bond donors (Lipinski definition) is 1. The van der Waals surface area contributed by atoms with Gasteiger partial charge in [0.05, 0.1) is 5.88 Å². The second-order valence-electron chi connectivity index (χ2n) is 1.73. The van der Waals surface area contributed by atoms with E-state index in [-0.39, 0.29) is 11.7 Å². The van der Waals surface area contributed by atoms with Crippen LogP contribution in [0.1, 0.15) is 9.80 Å². The van der Waals surface area contributed by atoms with E-state index in [2.05, 4.69) is 20.9 Å². The van der Waals surface area contributed by atoms with Crippen molar-refractivity contribution in [3.8, 4) is 0 Å². The number of alkyl halides is 1. The first-order chi connectivity index (χ1) is 5.15. The lowest BCUT2D eigenvalue weighted by molar-refractivity contribution is 0.102. The summed E-state index contributed by atoms with van der Waals surface area (Å²) in [6.45, 7) is 0. The molecule has 0 radical (unpaired) electrons. The maximum Gasteiger partial charge on any atom is 0.206 e. The minimum Gasteiger partial charge on any atom is -0.382 e. The molecule has 0 fully saturated rings. The molecule has 0 atom stereocenters. The monoisotopic (exact) mass is 254 g/mol. The number of aromatic nitrogens is 1. The van der Waals surface area contributed by atoms with Crippen molar-refractivity contribution in [2.24, 2.45) is 0 Å². The Balaban J connectivity index is 2.97. The van der Waals surface area contributed by atoms with E-state index in [9.17, 15) is 4.79 Å². The predicted molar refractivity (Wildman–Crippen MR) is 49.3 cm³/mol. The third-order valence-electron chi connectivity index (χ3n) is 0.970. The highest BCUT2D eigenvalue weighted by Gasteiger charge is 2.11. The quantitative estimate of drug-likeness (QED) is 0.649. The predicted octanol–water partition coefficient (Wildman–Crippen LogP) is 1.91. The maximum absolute atomic E-state index is 10.9. The molecule has 0 saturated heterocycles. The summed E-state index contributed by atoms with van der Waals surface area (Å²) in [5.41, 5.74) is 5.39.